The molecule has 0 spiro atoms. The average Bonchev–Trinajstić information content (AvgIpc) is 4.07. The number of aryl methyl sites for hydroxylation is 1. The highest BCUT2D eigenvalue weighted by molar-refractivity contribution is 7.70. The van der Waals surface area contributed by atoms with Crippen LogP contribution < -0.4 is 35.8 Å². The number of amides is 4. The zero-order chi connectivity index (χ0) is 54.4. The first kappa shape index (κ1) is 52.9. The number of methoxy groups -OCH3 is 1. The summed E-state index contributed by atoms with van der Waals surface area (Å²) in [6.45, 7) is 11.8. The van der Waals surface area contributed by atoms with Gasteiger partial charge >= 0.3 is 0 Å². The Labute approximate surface area is 457 Å². The van der Waals surface area contributed by atoms with Gasteiger partial charge in [0.05, 0.1) is 42.0 Å². The molecule has 1 unspecified atom stereocenters. The number of fused-ring (bicyclic) bond motifs is 1. The third kappa shape index (κ3) is 10.8. The molecule has 4 fully saturated rings. The molecule has 4 saturated heterocycles. The summed E-state index contributed by atoms with van der Waals surface area (Å²) in [4.78, 5) is 71.3. The van der Waals surface area contributed by atoms with E-state index in [0.29, 0.717) is 62.5 Å². The number of halogens is 2. The summed E-state index contributed by atoms with van der Waals surface area (Å²) in [5.74, 6) is -0.608. The van der Waals surface area contributed by atoms with Crippen molar-refractivity contribution in [1.29, 1.82) is 0 Å². The van der Waals surface area contributed by atoms with Crippen LogP contribution in [0.1, 0.15) is 59.2 Å². The number of likely N-dealkylation sites (tertiary alicyclic amines) is 1. The van der Waals surface area contributed by atoms with Crippen molar-refractivity contribution in [3.63, 3.8) is 0 Å². The van der Waals surface area contributed by atoms with E-state index in [9.17, 15) is 28.1 Å². The van der Waals surface area contributed by atoms with E-state index in [0.717, 1.165) is 112 Å². The third-order valence-corrected chi connectivity index (χ3v) is 17.8. The number of rotatable bonds is 14. The number of hydrogen-bond donors (Lipinski definition) is 3. The van der Waals surface area contributed by atoms with Crippen LogP contribution in [0.3, 0.4) is 0 Å². The fourth-order valence-corrected chi connectivity index (χ4v) is 13.1. The maximum absolute atomic E-state index is 14.8. The van der Waals surface area contributed by atoms with Crippen molar-refractivity contribution < 1.29 is 32.9 Å². The molecule has 7 heterocycles. The number of piperazine rings is 1. The minimum Gasteiger partial charge on any atom is -0.494 e. The number of piperidine rings is 3. The molecule has 1 atom stereocenters. The Balaban J connectivity index is 0.701. The van der Waals surface area contributed by atoms with Gasteiger partial charge in [-0.25, -0.2) is 9.37 Å². The van der Waals surface area contributed by atoms with Crippen LogP contribution in [-0.2, 0) is 21.2 Å². The van der Waals surface area contributed by atoms with Gasteiger partial charge in [0.2, 0.25) is 17.8 Å². The second kappa shape index (κ2) is 21.9. The fraction of sp³-hybridized carbons (Fsp3) is 0.386. The summed E-state index contributed by atoms with van der Waals surface area (Å²) in [5, 5.41) is 14.2. The molecule has 4 amide bonds. The number of carbonyl (C=O) groups excluding carboxylic acids is 4. The summed E-state index contributed by atoms with van der Waals surface area (Å²) >= 11 is 6.69. The summed E-state index contributed by atoms with van der Waals surface area (Å²) in [6.07, 6.45) is 9.90. The zero-order valence-corrected chi connectivity index (χ0v) is 45.8. The lowest BCUT2D eigenvalue weighted by Gasteiger charge is -2.44. The number of aromatic nitrogens is 4. The molecule has 21 heteroatoms. The molecule has 406 valence electrons. The topological polar surface area (TPSA) is 190 Å². The van der Waals surface area contributed by atoms with Gasteiger partial charge < -0.3 is 34.6 Å². The van der Waals surface area contributed by atoms with Crippen molar-refractivity contribution >= 4 is 82.2 Å². The molecular formula is C57H63ClFN12O6P. The van der Waals surface area contributed by atoms with Crippen LogP contribution in [0.25, 0.3) is 22.3 Å². The van der Waals surface area contributed by atoms with Gasteiger partial charge in [-0.2, -0.15) is 10.1 Å². The molecule has 18 nitrogen and oxygen atoms in total. The Morgan fingerprint density at radius 2 is 1.53 bits per heavy atom. The summed E-state index contributed by atoms with van der Waals surface area (Å²) < 4.78 is 36.3. The van der Waals surface area contributed by atoms with Crippen molar-refractivity contribution in [2.24, 2.45) is 13.0 Å². The molecule has 3 N–H and O–H groups in total. The molecular weight excluding hydrogens is 1030 g/mol. The normalized spacial score (nSPS) is 19.1. The molecule has 0 saturated carbocycles. The van der Waals surface area contributed by atoms with Crippen molar-refractivity contribution in [3.05, 3.63) is 113 Å². The van der Waals surface area contributed by atoms with Crippen LogP contribution in [-0.4, -0.2) is 150 Å². The second-order valence-corrected chi connectivity index (χ2v) is 24.9. The number of nitrogens with zero attached hydrogens (tertiary/aromatic N) is 9. The van der Waals surface area contributed by atoms with E-state index in [1.807, 2.05) is 31.6 Å². The number of anilines is 6. The second-order valence-electron chi connectivity index (χ2n) is 21.3. The van der Waals surface area contributed by atoms with E-state index in [2.05, 4.69) is 51.7 Å². The van der Waals surface area contributed by atoms with Crippen molar-refractivity contribution in [1.82, 2.24) is 39.8 Å². The Bertz CT molecular complexity index is 3370. The third-order valence-electron chi connectivity index (χ3n) is 16.0. The first-order valence-corrected chi connectivity index (χ1v) is 29.6. The largest absolute Gasteiger partial charge is 0.494 e. The summed E-state index contributed by atoms with van der Waals surface area (Å²) in [5.41, 5.74) is 6.68. The number of benzene rings is 4. The molecule has 0 bridgehead atoms. The summed E-state index contributed by atoms with van der Waals surface area (Å²) in [6, 6.07) is 20.8. The van der Waals surface area contributed by atoms with Gasteiger partial charge in [-0.1, -0.05) is 35.9 Å². The van der Waals surface area contributed by atoms with Gasteiger partial charge in [-0.15, -0.1) is 0 Å². The van der Waals surface area contributed by atoms with Gasteiger partial charge in [-0.05, 0) is 112 Å². The highest BCUT2D eigenvalue weighted by Gasteiger charge is 2.45. The highest BCUT2D eigenvalue weighted by atomic mass is 35.5. The molecule has 78 heavy (non-hydrogen) atoms. The minimum absolute atomic E-state index is 0.0881. The number of carbonyl (C=O) groups is 4. The maximum Gasteiger partial charge on any atom is 0.262 e. The smallest absolute Gasteiger partial charge is 0.262 e. The number of ether oxygens (including phenoxy) is 1. The van der Waals surface area contributed by atoms with Gasteiger partial charge in [-0.3, -0.25) is 39.0 Å². The van der Waals surface area contributed by atoms with Crippen LogP contribution in [0.15, 0.2) is 91.4 Å². The SMILES string of the molecule is COc1cc(N2CCN(C3CCN(CC4CCN(c5ccc6c(c5)C(=O)N(C5CCC(=O)NC5=O)C6=O)CC4)CC3)CC2)c(-c2cnn(C)c2)cc1Nc1ncc(Cl)c(Nc2ccc(-c3ccccc3F)cc2P(C)(C)=O)n1. The zero-order valence-electron chi connectivity index (χ0n) is 44.2. The van der Waals surface area contributed by atoms with Gasteiger partial charge in [0.25, 0.3) is 11.8 Å². The number of nitrogens with one attached hydrogen (secondary N) is 3. The van der Waals surface area contributed by atoms with Crippen molar-refractivity contribution in [2.75, 3.05) is 99.8 Å². The fourth-order valence-electron chi connectivity index (χ4n) is 11.8. The lowest BCUT2D eigenvalue weighted by atomic mass is 9.93. The Morgan fingerprint density at radius 3 is 2.23 bits per heavy atom. The molecule has 6 aromatic rings. The van der Waals surface area contributed by atoms with Crippen molar-refractivity contribution in [3.8, 4) is 28.0 Å². The Kier molecular flexibility index (Phi) is 14.9. The number of imide groups is 2. The van der Waals surface area contributed by atoms with Gasteiger partial charge in [0.1, 0.15) is 29.8 Å². The maximum atomic E-state index is 14.8. The molecule has 4 aromatic carbocycles. The number of hydrogen-bond acceptors (Lipinski definition) is 15. The van der Waals surface area contributed by atoms with Crippen LogP contribution >= 0.6 is 18.7 Å². The monoisotopic (exact) mass is 1100 g/mol. The molecule has 2 aromatic heterocycles. The Morgan fingerprint density at radius 1 is 0.769 bits per heavy atom. The lowest BCUT2D eigenvalue weighted by Crippen LogP contribution is -2.54. The van der Waals surface area contributed by atoms with Crippen LogP contribution in [0, 0.1) is 11.7 Å². The van der Waals surface area contributed by atoms with Crippen LogP contribution in [0.4, 0.5) is 38.9 Å². The predicted octanol–water partition coefficient (Wildman–Crippen LogP) is 7.98. The molecule has 0 aliphatic carbocycles. The van der Waals surface area contributed by atoms with Crippen molar-refractivity contribution in [2.45, 2.75) is 50.6 Å². The first-order valence-electron chi connectivity index (χ1n) is 26.6. The van der Waals surface area contributed by atoms with Crippen LogP contribution in [0.5, 0.6) is 5.75 Å². The van der Waals surface area contributed by atoms with E-state index < -0.39 is 36.8 Å². The van der Waals surface area contributed by atoms with E-state index in [4.69, 9.17) is 21.3 Å². The standard InChI is InChI=1S/C57H63ClFN12O6P/c1-66-34-37(31-61-66)42-29-47(63-57-60-32-44(58)53(65-57)62-46-12-9-36(27-51(46)78(3,4)76)40-7-5-6-8-45(40)59)50(77-2)30-49(42)70-25-23-69(24-26-70)38-17-19-67(20-18-38)33-35-15-21-68(22-16-35)39-10-11-41-43(28-39)56(75)71(55(41)74)48-13-14-52(72)64-54(48)73/h5-12,27-32,34-35,38,48H,13-26,33H2,1-4H3,(H,64,72,73)(H2,60,62,63,65). The average molecular weight is 1100 g/mol. The van der Waals surface area contributed by atoms with E-state index in [1.54, 1.807) is 73.7 Å². The van der Waals surface area contributed by atoms with Gasteiger partial charge in [0, 0.05) is 111 Å². The molecule has 11 rings (SSSR count). The Hall–Kier alpha value is -7.18. The lowest BCUT2D eigenvalue weighted by molar-refractivity contribution is -0.136. The first-order chi connectivity index (χ1) is 37.6. The van der Waals surface area contributed by atoms with Gasteiger partial charge in [0.15, 0.2) is 5.82 Å². The molecule has 0 radical (unpaired) electrons. The van der Waals surface area contributed by atoms with E-state index in [-0.39, 0.29) is 29.6 Å². The van der Waals surface area contributed by atoms with E-state index in [1.165, 1.54) is 12.3 Å². The highest BCUT2D eigenvalue weighted by Crippen LogP contribution is 2.43. The molecule has 5 aliphatic rings. The quantitative estimate of drug-likeness (QED) is 0.0703. The molecule has 5 aliphatic heterocycles. The van der Waals surface area contributed by atoms with E-state index >= 15 is 0 Å². The van der Waals surface area contributed by atoms with Crippen LogP contribution in [0.2, 0.25) is 5.02 Å². The summed E-state index contributed by atoms with van der Waals surface area (Å²) in [7, 11) is 0.667. The minimum atomic E-state index is -2.88. The predicted molar refractivity (Wildman–Crippen MR) is 301 cm³/mol.